The molecule has 0 saturated heterocycles. The lowest BCUT2D eigenvalue weighted by Gasteiger charge is -2.13. The van der Waals surface area contributed by atoms with E-state index in [2.05, 4.69) is 17.4 Å². The Labute approximate surface area is 169 Å². The molecule has 0 atom stereocenters. The number of aryl methyl sites for hydroxylation is 4. The Bertz CT molecular complexity index is 1170. The van der Waals surface area contributed by atoms with Gasteiger partial charge in [0.2, 0.25) is 0 Å². The molecule has 0 aliphatic rings. The van der Waals surface area contributed by atoms with Gasteiger partial charge in [-0.2, -0.15) is 0 Å². The Balaban J connectivity index is 1.87. The molecule has 1 amide bonds. The Morgan fingerprint density at radius 1 is 0.929 bits per heavy atom. The number of carbonyl (C=O) groups is 1. The van der Waals surface area contributed by atoms with Crippen molar-refractivity contribution in [2.75, 3.05) is 5.32 Å². The summed E-state index contributed by atoms with van der Waals surface area (Å²) in [6, 6.07) is 16.2. The molecule has 28 heavy (non-hydrogen) atoms. The summed E-state index contributed by atoms with van der Waals surface area (Å²) in [6.45, 7) is 8.16. The molecule has 140 valence electrons. The van der Waals surface area contributed by atoms with Crippen molar-refractivity contribution in [1.82, 2.24) is 4.98 Å². The molecule has 0 aliphatic heterocycles. The molecule has 2 aromatic carbocycles. The van der Waals surface area contributed by atoms with Crippen molar-refractivity contribution in [3.8, 4) is 10.6 Å². The number of amides is 1. The Kier molecular flexibility index (Phi) is 4.73. The number of rotatable bonds is 3. The van der Waals surface area contributed by atoms with Crippen molar-refractivity contribution < 1.29 is 4.79 Å². The number of benzene rings is 2. The minimum atomic E-state index is -0.111. The lowest BCUT2D eigenvalue weighted by Crippen LogP contribution is -2.13. The maximum Gasteiger partial charge on any atom is 0.256 e. The van der Waals surface area contributed by atoms with E-state index in [0.717, 1.165) is 49.4 Å². The van der Waals surface area contributed by atoms with Gasteiger partial charge in [0, 0.05) is 11.1 Å². The lowest BCUT2D eigenvalue weighted by molar-refractivity contribution is 0.102. The molecule has 0 unspecified atom stereocenters. The number of hydrogen-bond donors (Lipinski definition) is 1. The van der Waals surface area contributed by atoms with Crippen LogP contribution in [0.4, 0.5) is 5.69 Å². The van der Waals surface area contributed by atoms with Gasteiger partial charge in [0.15, 0.2) is 0 Å². The van der Waals surface area contributed by atoms with Crippen molar-refractivity contribution >= 4 is 33.8 Å². The molecule has 1 N–H and O–H groups in total. The van der Waals surface area contributed by atoms with Crippen molar-refractivity contribution in [1.29, 1.82) is 0 Å². The molecule has 4 heteroatoms. The van der Waals surface area contributed by atoms with Crippen LogP contribution in [0.25, 0.3) is 21.5 Å². The van der Waals surface area contributed by atoms with Gasteiger partial charge in [-0.25, -0.2) is 4.98 Å². The summed E-state index contributed by atoms with van der Waals surface area (Å²) < 4.78 is 0. The normalized spacial score (nSPS) is 11.0. The first-order valence-corrected chi connectivity index (χ1v) is 10.1. The maximum atomic E-state index is 13.3. The fourth-order valence-electron chi connectivity index (χ4n) is 3.66. The van der Waals surface area contributed by atoms with E-state index in [9.17, 15) is 4.79 Å². The molecule has 0 fully saturated rings. The highest BCUT2D eigenvalue weighted by Crippen LogP contribution is 2.30. The molecule has 0 spiro atoms. The highest BCUT2D eigenvalue weighted by Gasteiger charge is 2.16. The summed E-state index contributed by atoms with van der Waals surface area (Å²) in [5.41, 5.74) is 7.63. The summed E-state index contributed by atoms with van der Waals surface area (Å²) in [5, 5.41) is 5.99. The van der Waals surface area contributed by atoms with Crippen LogP contribution in [0.15, 0.2) is 53.9 Å². The number of thiophene rings is 1. The predicted octanol–water partition coefficient (Wildman–Crippen LogP) is 6.45. The molecule has 0 bridgehead atoms. The first kappa shape index (κ1) is 18.4. The predicted molar refractivity (Wildman–Crippen MR) is 118 cm³/mol. The number of carbonyl (C=O) groups excluding carboxylic acids is 1. The standard InChI is InChI=1S/C24H22N2OS/c1-14-8-15(2)11-18(10-14)25-24(27)20-13-21(22-6-5-7-28-22)26-23-17(4)9-16(3)12-19(20)23/h5-13H,1-4H3,(H,25,27). The van der Waals surface area contributed by atoms with Crippen molar-refractivity contribution in [2.45, 2.75) is 27.7 Å². The van der Waals surface area contributed by atoms with E-state index in [1.165, 1.54) is 0 Å². The van der Waals surface area contributed by atoms with Crippen molar-refractivity contribution in [2.24, 2.45) is 0 Å². The molecule has 2 heterocycles. The molecular weight excluding hydrogens is 364 g/mol. The summed E-state index contributed by atoms with van der Waals surface area (Å²) >= 11 is 1.63. The van der Waals surface area contributed by atoms with Gasteiger partial charge in [-0.1, -0.05) is 23.8 Å². The summed E-state index contributed by atoms with van der Waals surface area (Å²) in [5.74, 6) is -0.111. The zero-order chi connectivity index (χ0) is 19.8. The Morgan fingerprint density at radius 3 is 2.32 bits per heavy atom. The summed E-state index contributed by atoms with van der Waals surface area (Å²) in [7, 11) is 0. The van der Waals surface area contributed by atoms with Gasteiger partial charge in [0.25, 0.3) is 5.91 Å². The van der Waals surface area contributed by atoms with Gasteiger partial charge in [-0.05, 0) is 80.1 Å². The molecule has 4 aromatic rings. The fourth-order valence-corrected chi connectivity index (χ4v) is 4.35. The number of nitrogens with one attached hydrogen (secondary N) is 1. The van der Waals surface area contributed by atoms with Crippen LogP contribution >= 0.6 is 11.3 Å². The zero-order valence-electron chi connectivity index (χ0n) is 16.5. The van der Waals surface area contributed by atoms with Crippen molar-refractivity contribution in [3.05, 3.63) is 81.7 Å². The van der Waals surface area contributed by atoms with E-state index in [-0.39, 0.29) is 5.91 Å². The quantitative estimate of drug-likeness (QED) is 0.440. The summed E-state index contributed by atoms with van der Waals surface area (Å²) in [4.78, 5) is 19.2. The molecule has 0 radical (unpaired) electrons. The van der Waals surface area contributed by atoms with Crippen LogP contribution in [0.3, 0.4) is 0 Å². The monoisotopic (exact) mass is 386 g/mol. The molecule has 3 nitrogen and oxygen atoms in total. The number of hydrogen-bond acceptors (Lipinski definition) is 3. The van der Waals surface area contributed by atoms with Crippen LogP contribution < -0.4 is 5.32 Å². The largest absolute Gasteiger partial charge is 0.322 e. The third-order valence-electron chi connectivity index (χ3n) is 4.75. The van der Waals surface area contributed by atoms with E-state index in [0.29, 0.717) is 5.56 Å². The minimum Gasteiger partial charge on any atom is -0.322 e. The summed E-state index contributed by atoms with van der Waals surface area (Å²) in [6.07, 6.45) is 0. The smallest absolute Gasteiger partial charge is 0.256 e. The first-order chi connectivity index (χ1) is 13.4. The van der Waals surface area contributed by atoms with Crippen LogP contribution in [0, 0.1) is 27.7 Å². The SMILES string of the molecule is Cc1cc(C)cc(NC(=O)c2cc(-c3cccs3)nc3c(C)cc(C)cc23)c1. The minimum absolute atomic E-state index is 0.111. The van der Waals surface area contributed by atoms with Gasteiger partial charge in [0.1, 0.15) is 0 Å². The Hall–Kier alpha value is -2.98. The Morgan fingerprint density at radius 2 is 1.64 bits per heavy atom. The number of aromatic nitrogens is 1. The molecule has 4 rings (SSSR count). The molecular formula is C24H22N2OS. The van der Waals surface area contributed by atoms with E-state index in [4.69, 9.17) is 4.98 Å². The van der Waals surface area contributed by atoms with Crippen LogP contribution in [0.2, 0.25) is 0 Å². The third kappa shape index (κ3) is 3.56. The molecule has 0 aliphatic carbocycles. The van der Waals surface area contributed by atoms with Crippen molar-refractivity contribution in [3.63, 3.8) is 0 Å². The van der Waals surface area contributed by atoms with Gasteiger partial charge in [0.05, 0.1) is 21.7 Å². The molecule has 2 aromatic heterocycles. The van der Waals surface area contributed by atoms with Crippen LogP contribution in [0.5, 0.6) is 0 Å². The third-order valence-corrected chi connectivity index (χ3v) is 5.64. The van der Waals surface area contributed by atoms with Crippen LogP contribution in [-0.2, 0) is 0 Å². The van der Waals surface area contributed by atoms with Gasteiger partial charge in [-0.15, -0.1) is 11.3 Å². The van der Waals surface area contributed by atoms with E-state index in [1.54, 1.807) is 11.3 Å². The van der Waals surface area contributed by atoms with E-state index < -0.39 is 0 Å². The highest BCUT2D eigenvalue weighted by molar-refractivity contribution is 7.13. The number of anilines is 1. The second-order valence-corrected chi connectivity index (χ2v) is 8.29. The van der Waals surface area contributed by atoms with Crippen LogP contribution in [-0.4, -0.2) is 10.9 Å². The average Bonchev–Trinajstić information content (AvgIpc) is 3.14. The van der Waals surface area contributed by atoms with Crippen LogP contribution in [0.1, 0.15) is 32.6 Å². The van der Waals surface area contributed by atoms with Gasteiger partial charge < -0.3 is 5.32 Å². The van der Waals surface area contributed by atoms with Gasteiger partial charge >= 0.3 is 0 Å². The number of nitrogens with zero attached hydrogens (tertiary/aromatic N) is 1. The second-order valence-electron chi connectivity index (χ2n) is 7.34. The zero-order valence-corrected chi connectivity index (χ0v) is 17.3. The lowest BCUT2D eigenvalue weighted by atomic mass is 10.0. The topological polar surface area (TPSA) is 42.0 Å². The maximum absolute atomic E-state index is 13.3. The first-order valence-electron chi connectivity index (χ1n) is 9.26. The molecule has 0 saturated carbocycles. The number of fused-ring (bicyclic) bond motifs is 1. The van der Waals surface area contributed by atoms with E-state index in [1.807, 2.05) is 69.5 Å². The number of pyridine rings is 1. The van der Waals surface area contributed by atoms with E-state index >= 15 is 0 Å². The average molecular weight is 387 g/mol. The van der Waals surface area contributed by atoms with Gasteiger partial charge in [-0.3, -0.25) is 4.79 Å². The fraction of sp³-hybridized carbons (Fsp3) is 0.167. The highest BCUT2D eigenvalue weighted by atomic mass is 32.1. The second kappa shape index (κ2) is 7.21.